The molecular formula is C4H7N3O3. The van der Waals surface area contributed by atoms with Crippen molar-refractivity contribution in [2.24, 2.45) is 4.99 Å². The fourth-order valence-corrected chi connectivity index (χ4v) is 0.482. The van der Waals surface area contributed by atoms with Crippen LogP contribution in [0.1, 0.15) is 6.42 Å². The van der Waals surface area contributed by atoms with Crippen molar-refractivity contribution < 1.29 is 14.7 Å². The van der Waals surface area contributed by atoms with Crippen LogP contribution < -0.4 is 16.6 Å². The number of hydrogen-bond acceptors (Lipinski definition) is 3. The number of carbonyl (C=O) groups excluding carboxylic acids is 2. The molecule has 1 aliphatic heterocycles. The van der Waals surface area contributed by atoms with Crippen molar-refractivity contribution in [3.8, 4) is 0 Å². The molecule has 0 saturated carbocycles. The van der Waals surface area contributed by atoms with Crippen LogP contribution in [0.3, 0.4) is 0 Å². The summed E-state index contributed by atoms with van der Waals surface area (Å²) in [6, 6.07) is -0.865. The van der Waals surface area contributed by atoms with E-state index in [2.05, 4.69) is 4.99 Å². The highest BCUT2D eigenvalue weighted by atomic mass is 16.3. The summed E-state index contributed by atoms with van der Waals surface area (Å²) >= 11 is 0. The Morgan fingerprint density at radius 2 is 2.10 bits per heavy atom. The lowest BCUT2D eigenvalue weighted by molar-refractivity contribution is -0.218. The van der Waals surface area contributed by atoms with Crippen LogP contribution in [0.2, 0.25) is 0 Å². The van der Waals surface area contributed by atoms with Crippen LogP contribution in [0.5, 0.6) is 0 Å². The van der Waals surface area contributed by atoms with E-state index in [1.165, 1.54) is 0 Å². The number of aliphatic imine (C=N–C) groups is 1. The van der Waals surface area contributed by atoms with Gasteiger partial charge in [0.05, 0.1) is 6.42 Å². The lowest BCUT2D eigenvalue weighted by Crippen LogP contribution is -2.39. The molecule has 0 radical (unpaired) electrons. The summed E-state index contributed by atoms with van der Waals surface area (Å²) in [7, 11) is 0. The molecule has 1 heterocycles. The fraction of sp³-hybridized carbons (Fsp3) is 0.250. The third kappa shape index (κ3) is 1.82. The summed E-state index contributed by atoms with van der Waals surface area (Å²) in [5.41, 5.74) is 0. The zero-order valence-electron chi connectivity index (χ0n) is 5.38. The van der Waals surface area contributed by atoms with Gasteiger partial charge in [0.15, 0.2) is 0 Å². The first-order chi connectivity index (χ1) is 4.18. The summed E-state index contributed by atoms with van der Waals surface area (Å²) < 4.78 is 0. The molecule has 0 aromatic heterocycles. The van der Waals surface area contributed by atoms with E-state index in [4.69, 9.17) is 0 Å². The Morgan fingerprint density at radius 3 is 2.50 bits per heavy atom. The number of carbonyl (C=O) groups is 2. The quantitative estimate of drug-likeness (QED) is 0.443. The van der Waals surface area contributed by atoms with E-state index in [9.17, 15) is 14.7 Å². The average Bonchev–Trinajstić information content (AvgIpc) is 1.59. The topological polar surface area (TPSA) is 118 Å². The van der Waals surface area contributed by atoms with Gasteiger partial charge in [-0.15, -0.1) is 0 Å². The van der Waals surface area contributed by atoms with Gasteiger partial charge in [0.1, 0.15) is 0 Å². The lowest BCUT2D eigenvalue weighted by Gasteiger charge is -2.13. The zero-order valence-corrected chi connectivity index (χ0v) is 5.38. The Hall–Kier alpha value is -1.43. The van der Waals surface area contributed by atoms with Gasteiger partial charge in [-0.2, -0.15) is 0 Å². The lowest BCUT2D eigenvalue weighted by atomic mass is 10.4. The van der Waals surface area contributed by atoms with Gasteiger partial charge in [0.2, 0.25) is 5.91 Å². The minimum absolute atomic E-state index is 0. The minimum atomic E-state index is -0.865. The molecule has 1 aliphatic rings. The maximum absolute atomic E-state index is 10.3. The molecule has 10 heavy (non-hydrogen) atoms. The van der Waals surface area contributed by atoms with Crippen LogP contribution in [0.4, 0.5) is 4.79 Å². The smallest absolute Gasteiger partial charge is 0.346 e. The maximum atomic E-state index is 10.3. The molecule has 5 N–H and O–H groups in total. The maximum Gasteiger partial charge on any atom is 0.346 e. The first-order valence-electron chi connectivity index (χ1n) is 2.27. The summed E-state index contributed by atoms with van der Waals surface area (Å²) in [6.45, 7) is 0. The van der Waals surface area contributed by atoms with E-state index in [1.807, 2.05) is 5.32 Å². The van der Waals surface area contributed by atoms with Crippen LogP contribution in [0, 0.1) is 0 Å². The predicted octanol–water partition coefficient (Wildman–Crippen LogP) is -1.24. The summed E-state index contributed by atoms with van der Waals surface area (Å²) in [5.74, 6) is -1.26. The molecule has 3 amide bonds. The molecule has 0 aromatic rings. The molecule has 6 nitrogen and oxygen atoms in total. The van der Waals surface area contributed by atoms with Gasteiger partial charge in [-0.1, -0.05) is 0 Å². The molecule has 0 saturated heterocycles. The first kappa shape index (κ1) is 8.57. The van der Waals surface area contributed by atoms with Crippen molar-refractivity contribution in [1.82, 2.24) is 11.5 Å². The summed E-state index contributed by atoms with van der Waals surface area (Å²) in [6.07, 6.45) is -0.314. The van der Waals surface area contributed by atoms with Gasteiger partial charge in [-0.25, -0.2) is 9.79 Å². The second-order valence-corrected chi connectivity index (χ2v) is 1.54. The number of nitrogens with zero attached hydrogens (tertiary/aromatic N) is 1. The third-order valence-corrected chi connectivity index (χ3v) is 0.784. The minimum Gasteiger partial charge on any atom is -0.861 e. The molecule has 6 heteroatoms. The SMILES string of the molecule is O=C1CC([O-])=NC(=O)N1.[NH4+]. The number of nitrogens with one attached hydrogen (secondary N) is 1. The van der Waals surface area contributed by atoms with E-state index in [-0.39, 0.29) is 12.6 Å². The molecule has 1 rings (SSSR count). The van der Waals surface area contributed by atoms with E-state index in [0.717, 1.165) is 0 Å². The van der Waals surface area contributed by atoms with Crippen molar-refractivity contribution in [2.45, 2.75) is 6.42 Å². The Morgan fingerprint density at radius 1 is 1.50 bits per heavy atom. The highest BCUT2D eigenvalue weighted by Crippen LogP contribution is 1.89. The number of quaternary nitrogens is 1. The molecule has 56 valence electrons. The number of rotatable bonds is 0. The van der Waals surface area contributed by atoms with Gasteiger partial charge in [0, 0.05) is 0 Å². The number of amides is 3. The van der Waals surface area contributed by atoms with E-state index >= 15 is 0 Å². The monoisotopic (exact) mass is 145 g/mol. The molecule has 0 unspecified atom stereocenters. The van der Waals surface area contributed by atoms with Crippen molar-refractivity contribution in [2.75, 3.05) is 0 Å². The molecular weight excluding hydrogens is 138 g/mol. The molecule has 0 aliphatic carbocycles. The first-order valence-corrected chi connectivity index (χ1v) is 2.27. The van der Waals surface area contributed by atoms with Crippen LogP contribution in [-0.2, 0) is 4.79 Å². The van der Waals surface area contributed by atoms with Crippen LogP contribution in [-0.4, -0.2) is 17.8 Å². The number of imide groups is 1. The third-order valence-electron chi connectivity index (χ3n) is 0.784. The number of hydrogen-bond donors (Lipinski definition) is 2. The highest BCUT2D eigenvalue weighted by molar-refractivity contribution is 6.10. The second kappa shape index (κ2) is 2.92. The largest absolute Gasteiger partial charge is 0.861 e. The Kier molecular flexibility index (Phi) is 2.51. The zero-order chi connectivity index (χ0) is 6.85. The van der Waals surface area contributed by atoms with Crippen molar-refractivity contribution >= 4 is 17.8 Å². The van der Waals surface area contributed by atoms with Gasteiger partial charge in [0.25, 0.3) is 0 Å². The Balaban J connectivity index is 0.000000810. The molecule has 0 bridgehead atoms. The predicted molar refractivity (Wildman–Crippen MR) is 31.6 cm³/mol. The van der Waals surface area contributed by atoms with Gasteiger partial charge >= 0.3 is 6.03 Å². The van der Waals surface area contributed by atoms with Crippen molar-refractivity contribution in [3.05, 3.63) is 0 Å². The normalized spacial score (nSPS) is 17.0. The van der Waals surface area contributed by atoms with Crippen molar-refractivity contribution in [1.29, 1.82) is 0 Å². The molecule has 0 aromatic carbocycles. The van der Waals surface area contributed by atoms with E-state index in [0.29, 0.717) is 0 Å². The van der Waals surface area contributed by atoms with E-state index < -0.39 is 17.8 Å². The van der Waals surface area contributed by atoms with Crippen LogP contribution >= 0.6 is 0 Å². The van der Waals surface area contributed by atoms with Crippen molar-refractivity contribution in [3.63, 3.8) is 0 Å². The molecule has 0 atom stereocenters. The van der Waals surface area contributed by atoms with Gasteiger partial charge < -0.3 is 11.3 Å². The standard InChI is InChI=1S/C4H4N2O3.H3N/c7-2-1-3(8)6-4(9)5-2;/h1H2,(H2,5,6,7,8,9);1H3. The molecule has 0 spiro atoms. The van der Waals surface area contributed by atoms with Crippen LogP contribution in [0.15, 0.2) is 4.99 Å². The Bertz CT molecular complexity index is 198. The number of urea groups is 1. The molecule has 0 fully saturated rings. The summed E-state index contributed by atoms with van der Waals surface area (Å²) in [4.78, 5) is 23.4. The Labute approximate surface area is 56.5 Å². The van der Waals surface area contributed by atoms with Gasteiger partial charge in [-0.05, 0) is 5.90 Å². The van der Waals surface area contributed by atoms with E-state index in [1.54, 1.807) is 0 Å². The fourth-order valence-electron chi connectivity index (χ4n) is 0.482. The van der Waals surface area contributed by atoms with Crippen LogP contribution in [0.25, 0.3) is 0 Å². The van der Waals surface area contributed by atoms with Gasteiger partial charge in [-0.3, -0.25) is 10.1 Å². The highest BCUT2D eigenvalue weighted by Gasteiger charge is 2.10. The average molecular weight is 145 g/mol. The second-order valence-electron chi connectivity index (χ2n) is 1.54. The summed E-state index contributed by atoms with van der Waals surface area (Å²) in [5, 5.41) is 12.1.